The monoisotopic (exact) mass is 655 g/mol. The highest BCUT2D eigenvalue weighted by atomic mass is 16.7. The molecule has 274 valence electrons. The summed E-state index contributed by atoms with van der Waals surface area (Å²) in [5.74, 6) is -1.74. The first kappa shape index (κ1) is 44.9. The SMILES string of the molecule is CCCCCCCCCCCCCC(=O)OC(CCCCC)(CCCCCC(O)O)OC(=O)CCCCCCCCCCCCC. The Morgan fingerprint density at radius 1 is 0.435 bits per heavy atom. The average Bonchev–Trinajstić information content (AvgIpc) is 3.02. The van der Waals surface area contributed by atoms with E-state index in [2.05, 4.69) is 20.8 Å². The molecule has 0 spiro atoms. The molecule has 0 heterocycles. The molecule has 0 aromatic rings. The van der Waals surface area contributed by atoms with Crippen molar-refractivity contribution in [3.8, 4) is 0 Å². The lowest BCUT2D eigenvalue weighted by Gasteiger charge is -2.33. The summed E-state index contributed by atoms with van der Waals surface area (Å²) < 4.78 is 12.2. The molecule has 0 saturated heterocycles. The lowest BCUT2D eigenvalue weighted by atomic mass is 9.99. The zero-order chi connectivity index (χ0) is 34.0. The maximum absolute atomic E-state index is 13.1. The van der Waals surface area contributed by atoms with Crippen LogP contribution >= 0.6 is 0 Å². The van der Waals surface area contributed by atoms with Crippen LogP contribution in [0.3, 0.4) is 0 Å². The maximum atomic E-state index is 13.1. The summed E-state index contributed by atoms with van der Waals surface area (Å²) in [5.41, 5.74) is 0. The van der Waals surface area contributed by atoms with E-state index in [9.17, 15) is 19.8 Å². The van der Waals surface area contributed by atoms with Crippen LogP contribution in [0.5, 0.6) is 0 Å². The van der Waals surface area contributed by atoms with Gasteiger partial charge in [-0.2, -0.15) is 0 Å². The highest BCUT2D eigenvalue weighted by Gasteiger charge is 2.37. The predicted octanol–water partition coefficient (Wildman–Crippen LogP) is 12.0. The summed E-state index contributed by atoms with van der Waals surface area (Å²) in [5, 5.41) is 18.4. The highest BCUT2D eigenvalue weighted by Crippen LogP contribution is 2.31. The number of hydrogen-bond donors (Lipinski definition) is 2. The summed E-state index contributed by atoms with van der Waals surface area (Å²) >= 11 is 0. The first-order valence-corrected chi connectivity index (χ1v) is 20.2. The molecule has 0 bridgehead atoms. The summed E-state index contributed by atoms with van der Waals surface area (Å²) in [4.78, 5) is 26.2. The third kappa shape index (κ3) is 30.2. The van der Waals surface area contributed by atoms with Gasteiger partial charge in [-0.1, -0.05) is 168 Å². The molecule has 2 N–H and O–H groups in total. The molecule has 6 nitrogen and oxygen atoms in total. The van der Waals surface area contributed by atoms with Gasteiger partial charge in [-0.15, -0.1) is 0 Å². The molecule has 0 amide bonds. The van der Waals surface area contributed by atoms with Crippen LogP contribution in [0.2, 0.25) is 0 Å². The summed E-state index contributed by atoms with van der Waals surface area (Å²) in [7, 11) is 0. The van der Waals surface area contributed by atoms with E-state index in [-0.39, 0.29) is 11.9 Å². The molecule has 0 aromatic heterocycles. The van der Waals surface area contributed by atoms with Crippen molar-refractivity contribution in [3.63, 3.8) is 0 Å². The summed E-state index contributed by atoms with van der Waals surface area (Å²) in [6.07, 6.45) is 32.7. The van der Waals surface area contributed by atoms with Crippen LogP contribution in [-0.2, 0) is 19.1 Å². The Hall–Kier alpha value is -1.14. The minimum Gasteiger partial charge on any atom is -0.422 e. The van der Waals surface area contributed by atoms with E-state index >= 15 is 0 Å². The van der Waals surface area contributed by atoms with Gasteiger partial charge in [-0.25, -0.2) is 0 Å². The molecule has 6 heteroatoms. The molecule has 0 saturated carbocycles. The molecule has 46 heavy (non-hydrogen) atoms. The number of aliphatic hydroxyl groups excluding tert-OH is 1. The molecule has 0 rings (SSSR count). The van der Waals surface area contributed by atoms with Crippen molar-refractivity contribution in [1.29, 1.82) is 0 Å². The van der Waals surface area contributed by atoms with E-state index in [1.807, 2.05) is 0 Å². The van der Waals surface area contributed by atoms with Crippen LogP contribution in [0.1, 0.15) is 233 Å². The van der Waals surface area contributed by atoms with Crippen LogP contribution in [0.25, 0.3) is 0 Å². The van der Waals surface area contributed by atoms with Crippen molar-refractivity contribution >= 4 is 11.9 Å². The second-order valence-electron chi connectivity index (χ2n) is 14.0. The van der Waals surface area contributed by atoms with Crippen molar-refractivity contribution in [2.75, 3.05) is 0 Å². The van der Waals surface area contributed by atoms with Gasteiger partial charge in [0, 0.05) is 25.7 Å². The number of unbranched alkanes of at least 4 members (excludes halogenated alkanes) is 24. The standard InChI is InChI=1S/C40H78O6/c1-4-7-10-12-14-16-18-20-22-24-28-33-38(43)45-40(35-30-9-6-3,36-31-26-27-32-37(41)42)46-39(44)34-29-25-23-21-19-17-15-13-11-8-5-2/h37,41-42H,4-36H2,1-3H3. The van der Waals surface area contributed by atoms with Crippen molar-refractivity contribution in [3.05, 3.63) is 0 Å². The minimum atomic E-state index is -1.30. The zero-order valence-electron chi connectivity index (χ0n) is 30.9. The van der Waals surface area contributed by atoms with Gasteiger partial charge in [0.25, 0.3) is 5.79 Å². The van der Waals surface area contributed by atoms with E-state index in [0.717, 1.165) is 64.2 Å². The lowest BCUT2D eigenvalue weighted by Crippen LogP contribution is -2.40. The molecule has 0 radical (unpaired) electrons. The Morgan fingerprint density at radius 2 is 0.717 bits per heavy atom. The normalized spacial score (nSPS) is 11.8. The molecule has 0 fully saturated rings. The molecular formula is C40H78O6. The molecule has 0 unspecified atom stereocenters. The van der Waals surface area contributed by atoms with Gasteiger partial charge >= 0.3 is 11.9 Å². The lowest BCUT2D eigenvalue weighted by molar-refractivity contribution is -0.235. The molecule has 0 aliphatic carbocycles. The number of aliphatic hydroxyl groups is 2. The van der Waals surface area contributed by atoms with Crippen LogP contribution in [0, 0.1) is 0 Å². The van der Waals surface area contributed by atoms with Crippen LogP contribution in [-0.4, -0.2) is 34.2 Å². The van der Waals surface area contributed by atoms with E-state index in [0.29, 0.717) is 44.9 Å². The fourth-order valence-corrected chi connectivity index (χ4v) is 6.28. The van der Waals surface area contributed by atoms with Gasteiger partial charge in [-0.05, 0) is 38.5 Å². The van der Waals surface area contributed by atoms with Crippen LogP contribution < -0.4 is 0 Å². The van der Waals surface area contributed by atoms with Crippen molar-refractivity contribution in [1.82, 2.24) is 0 Å². The third-order valence-electron chi connectivity index (χ3n) is 9.25. The fraction of sp³-hybridized carbons (Fsp3) is 0.950. The van der Waals surface area contributed by atoms with Gasteiger partial charge in [0.15, 0.2) is 6.29 Å². The van der Waals surface area contributed by atoms with Crippen molar-refractivity contribution in [2.45, 2.75) is 245 Å². The van der Waals surface area contributed by atoms with Gasteiger partial charge in [0.2, 0.25) is 0 Å². The zero-order valence-corrected chi connectivity index (χ0v) is 30.9. The smallest absolute Gasteiger partial charge is 0.309 e. The van der Waals surface area contributed by atoms with E-state index in [4.69, 9.17) is 9.47 Å². The number of rotatable bonds is 36. The minimum absolute atomic E-state index is 0.263. The van der Waals surface area contributed by atoms with Gasteiger partial charge in [-0.3, -0.25) is 9.59 Å². The van der Waals surface area contributed by atoms with Crippen molar-refractivity contribution in [2.24, 2.45) is 0 Å². The Balaban J connectivity index is 4.77. The highest BCUT2D eigenvalue weighted by molar-refractivity contribution is 5.72. The molecule has 0 aromatic carbocycles. The molecule has 0 atom stereocenters. The maximum Gasteiger partial charge on any atom is 0.309 e. The largest absolute Gasteiger partial charge is 0.422 e. The van der Waals surface area contributed by atoms with E-state index in [1.165, 1.54) is 103 Å². The van der Waals surface area contributed by atoms with E-state index in [1.54, 1.807) is 0 Å². The second kappa shape index (κ2) is 33.7. The predicted molar refractivity (Wildman–Crippen MR) is 193 cm³/mol. The number of carbonyl (C=O) groups excluding carboxylic acids is 2. The summed E-state index contributed by atoms with van der Waals surface area (Å²) in [6, 6.07) is 0. The van der Waals surface area contributed by atoms with Crippen molar-refractivity contribution < 1.29 is 29.3 Å². The van der Waals surface area contributed by atoms with Gasteiger partial charge < -0.3 is 19.7 Å². The number of carbonyl (C=O) groups is 2. The molecule has 0 aliphatic rings. The van der Waals surface area contributed by atoms with Gasteiger partial charge in [0.05, 0.1) is 0 Å². The first-order valence-electron chi connectivity index (χ1n) is 20.2. The Bertz CT molecular complexity index is 624. The Labute approximate surface area is 285 Å². The fourth-order valence-electron chi connectivity index (χ4n) is 6.28. The number of esters is 2. The third-order valence-corrected chi connectivity index (χ3v) is 9.25. The molecular weight excluding hydrogens is 576 g/mol. The second-order valence-corrected chi connectivity index (χ2v) is 14.0. The first-order chi connectivity index (χ1) is 22.4. The molecule has 0 aliphatic heterocycles. The Morgan fingerprint density at radius 3 is 1.07 bits per heavy atom. The Kier molecular flexibility index (Phi) is 32.9. The summed E-state index contributed by atoms with van der Waals surface area (Å²) in [6.45, 7) is 6.64. The van der Waals surface area contributed by atoms with Crippen LogP contribution in [0.15, 0.2) is 0 Å². The van der Waals surface area contributed by atoms with Gasteiger partial charge in [0.1, 0.15) is 0 Å². The number of ether oxygens (including phenoxy) is 2. The quantitative estimate of drug-likeness (QED) is 0.0397. The average molecular weight is 655 g/mol. The van der Waals surface area contributed by atoms with E-state index < -0.39 is 12.1 Å². The number of hydrogen-bond acceptors (Lipinski definition) is 6. The topological polar surface area (TPSA) is 93.1 Å². The van der Waals surface area contributed by atoms with Crippen LogP contribution in [0.4, 0.5) is 0 Å².